The Kier molecular flexibility index (Phi) is 3.26. The predicted molar refractivity (Wildman–Crippen MR) is 79.8 cm³/mol. The SMILES string of the molecule is N#Cc1cccc(-c2ccc(-c3ccccc3)cn2)c1. The lowest BCUT2D eigenvalue weighted by atomic mass is 10.0. The Balaban J connectivity index is 1.96. The summed E-state index contributed by atoms with van der Waals surface area (Å²) < 4.78 is 0. The standard InChI is InChI=1S/C18H12N2/c19-12-14-5-4-8-16(11-14)18-10-9-17(13-20-18)15-6-2-1-3-7-15/h1-11,13H. The molecule has 0 atom stereocenters. The minimum Gasteiger partial charge on any atom is -0.256 e. The highest BCUT2D eigenvalue weighted by atomic mass is 14.7. The molecule has 2 aromatic carbocycles. The van der Waals surface area contributed by atoms with Gasteiger partial charge >= 0.3 is 0 Å². The van der Waals surface area contributed by atoms with Gasteiger partial charge in [-0.3, -0.25) is 4.98 Å². The summed E-state index contributed by atoms with van der Waals surface area (Å²) in [5.74, 6) is 0. The first-order valence-electron chi connectivity index (χ1n) is 6.39. The van der Waals surface area contributed by atoms with Crippen LogP contribution in [0.1, 0.15) is 5.56 Å². The van der Waals surface area contributed by atoms with Gasteiger partial charge in [0.2, 0.25) is 0 Å². The normalized spacial score (nSPS) is 9.95. The molecule has 0 saturated heterocycles. The van der Waals surface area contributed by atoms with Crippen LogP contribution < -0.4 is 0 Å². The van der Waals surface area contributed by atoms with E-state index < -0.39 is 0 Å². The molecule has 0 fully saturated rings. The zero-order valence-corrected chi connectivity index (χ0v) is 10.8. The van der Waals surface area contributed by atoms with Crippen LogP contribution in [0.15, 0.2) is 72.9 Å². The molecular formula is C18H12N2. The number of rotatable bonds is 2. The fourth-order valence-corrected chi connectivity index (χ4v) is 2.11. The number of nitrogens with zero attached hydrogens (tertiary/aromatic N) is 2. The van der Waals surface area contributed by atoms with E-state index in [4.69, 9.17) is 5.26 Å². The second-order valence-electron chi connectivity index (χ2n) is 4.49. The fraction of sp³-hybridized carbons (Fsp3) is 0. The van der Waals surface area contributed by atoms with Crippen molar-refractivity contribution in [2.45, 2.75) is 0 Å². The van der Waals surface area contributed by atoms with E-state index >= 15 is 0 Å². The molecule has 2 heteroatoms. The van der Waals surface area contributed by atoms with Crippen molar-refractivity contribution in [3.63, 3.8) is 0 Å². The summed E-state index contributed by atoms with van der Waals surface area (Å²) in [6, 6.07) is 23.8. The number of hydrogen-bond donors (Lipinski definition) is 0. The maximum atomic E-state index is 8.93. The summed E-state index contributed by atoms with van der Waals surface area (Å²) in [5.41, 5.74) is 4.73. The van der Waals surface area contributed by atoms with Crippen LogP contribution in [0.2, 0.25) is 0 Å². The van der Waals surface area contributed by atoms with E-state index in [0.29, 0.717) is 5.56 Å². The summed E-state index contributed by atoms with van der Waals surface area (Å²) >= 11 is 0. The van der Waals surface area contributed by atoms with E-state index in [1.165, 1.54) is 0 Å². The molecule has 2 nitrogen and oxygen atoms in total. The average Bonchev–Trinajstić information content (AvgIpc) is 2.56. The highest BCUT2D eigenvalue weighted by Crippen LogP contribution is 2.22. The molecular weight excluding hydrogens is 244 g/mol. The lowest BCUT2D eigenvalue weighted by Gasteiger charge is -2.04. The molecule has 0 aliphatic carbocycles. The molecule has 0 aliphatic rings. The van der Waals surface area contributed by atoms with Crippen molar-refractivity contribution in [3.8, 4) is 28.5 Å². The van der Waals surface area contributed by atoms with E-state index in [1.54, 1.807) is 6.07 Å². The first-order valence-corrected chi connectivity index (χ1v) is 6.39. The van der Waals surface area contributed by atoms with Gasteiger partial charge in [-0.25, -0.2) is 0 Å². The molecule has 1 aromatic heterocycles. The van der Waals surface area contributed by atoms with Gasteiger partial charge in [-0.05, 0) is 23.8 Å². The van der Waals surface area contributed by atoms with Crippen molar-refractivity contribution < 1.29 is 0 Å². The van der Waals surface area contributed by atoms with Crippen molar-refractivity contribution in [1.29, 1.82) is 5.26 Å². The zero-order valence-electron chi connectivity index (χ0n) is 10.8. The highest BCUT2D eigenvalue weighted by molar-refractivity contribution is 5.67. The summed E-state index contributed by atoms with van der Waals surface area (Å²) in [6.45, 7) is 0. The van der Waals surface area contributed by atoms with Gasteiger partial charge in [0, 0.05) is 17.3 Å². The number of benzene rings is 2. The Morgan fingerprint density at radius 2 is 1.55 bits per heavy atom. The quantitative estimate of drug-likeness (QED) is 0.686. The van der Waals surface area contributed by atoms with Crippen molar-refractivity contribution >= 4 is 0 Å². The number of pyridine rings is 1. The molecule has 3 aromatic rings. The van der Waals surface area contributed by atoms with Gasteiger partial charge in [0.25, 0.3) is 0 Å². The lowest BCUT2D eigenvalue weighted by Crippen LogP contribution is -1.86. The molecule has 0 saturated carbocycles. The van der Waals surface area contributed by atoms with Crippen LogP contribution in [0.4, 0.5) is 0 Å². The molecule has 1 heterocycles. The Morgan fingerprint density at radius 3 is 2.25 bits per heavy atom. The number of aromatic nitrogens is 1. The number of hydrogen-bond acceptors (Lipinski definition) is 2. The van der Waals surface area contributed by atoms with Crippen LogP contribution in [-0.4, -0.2) is 4.98 Å². The van der Waals surface area contributed by atoms with E-state index in [-0.39, 0.29) is 0 Å². The van der Waals surface area contributed by atoms with Crippen LogP contribution in [0.5, 0.6) is 0 Å². The zero-order chi connectivity index (χ0) is 13.8. The molecule has 0 radical (unpaired) electrons. The van der Waals surface area contributed by atoms with Crippen molar-refractivity contribution in [2.75, 3.05) is 0 Å². The summed E-state index contributed by atoms with van der Waals surface area (Å²) in [5, 5.41) is 8.93. The monoisotopic (exact) mass is 256 g/mol. The van der Waals surface area contributed by atoms with Gasteiger partial charge in [-0.2, -0.15) is 5.26 Å². The third-order valence-electron chi connectivity index (χ3n) is 3.16. The highest BCUT2D eigenvalue weighted by Gasteiger charge is 2.02. The molecule has 0 bridgehead atoms. The Morgan fingerprint density at radius 1 is 0.750 bits per heavy atom. The minimum atomic E-state index is 0.649. The van der Waals surface area contributed by atoms with Gasteiger partial charge in [-0.15, -0.1) is 0 Å². The maximum Gasteiger partial charge on any atom is 0.0991 e. The smallest absolute Gasteiger partial charge is 0.0991 e. The molecule has 0 unspecified atom stereocenters. The second kappa shape index (κ2) is 5.38. The van der Waals surface area contributed by atoms with Crippen molar-refractivity contribution in [1.82, 2.24) is 4.98 Å². The van der Waals surface area contributed by atoms with Gasteiger partial charge in [0.05, 0.1) is 17.3 Å². The summed E-state index contributed by atoms with van der Waals surface area (Å²) in [4.78, 5) is 4.49. The third kappa shape index (κ3) is 2.43. The summed E-state index contributed by atoms with van der Waals surface area (Å²) in [6.07, 6.45) is 1.86. The Labute approximate surface area is 118 Å². The van der Waals surface area contributed by atoms with Crippen LogP contribution in [-0.2, 0) is 0 Å². The van der Waals surface area contributed by atoms with E-state index in [2.05, 4.69) is 29.3 Å². The molecule has 3 rings (SSSR count). The largest absolute Gasteiger partial charge is 0.256 e. The van der Waals surface area contributed by atoms with Gasteiger partial charge < -0.3 is 0 Å². The van der Waals surface area contributed by atoms with E-state index in [0.717, 1.165) is 22.4 Å². The molecule has 20 heavy (non-hydrogen) atoms. The van der Waals surface area contributed by atoms with Crippen LogP contribution >= 0.6 is 0 Å². The van der Waals surface area contributed by atoms with E-state index in [1.807, 2.05) is 48.7 Å². The van der Waals surface area contributed by atoms with Crippen LogP contribution in [0, 0.1) is 11.3 Å². The topological polar surface area (TPSA) is 36.7 Å². The van der Waals surface area contributed by atoms with Gasteiger partial charge in [0.1, 0.15) is 0 Å². The van der Waals surface area contributed by atoms with Crippen LogP contribution in [0.3, 0.4) is 0 Å². The predicted octanol–water partition coefficient (Wildman–Crippen LogP) is 4.29. The summed E-state index contributed by atoms with van der Waals surface area (Å²) in [7, 11) is 0. The molecule has 0 spiro atoms. The van der Waals surface area contributed by atoms with E-state index in [9.17, 15) is 0 Å². The lowest BCUT2D eigenvalue weighted by molar-refractivity contribution is 1.32. The molecule has 0 aliphatic heterocycles. The Bertz CT molecular complexity index is 753. The molecule has 0 N–H and O–H groups in total. The fourth-order valence-electron chi connectivity index (χ4n) is 2.11. The second-order valence-corrected chi connectivity index (χ2v) is 4.49. The molecule has 94 valence electrons. The van der Waals surface area contributed by atoms with Crippen molar-refractivity contribution in [2.24, 2.45) is 0 Å². The molecule has 0 amide bonds. The van der Waals surface area contributed by atoms with Crippen molar-refractivity contribution in [3.05, 3.63) is 78.5 Å². The average molecular weight is 256 g/mol. The van der Waals surface area contributed by atoms with Crippen LogP contribution in [0.25, 0.3) is 22.4 Å². The van der Waals surface area contributed by atoms with Gasteiger partial charge in [-0.1, -0.05) is 48.5 Å². The first kappa shape index (κ1) is 12.1. The minimum absolute atomic E-state index is 0.649. The first-order chi connectivity index (χ1) is 9.86. The van der Waals surface area contributed by atoms with Gasteiger partial charge in [0.15, 0.2) is 0 Å². The third-order valence-corrected chi connectivity index (χ3v) is 3.16. The maximum absolute atomic E-state index is 8.93. The number of nitriles is 1. The Hall–Kier alpha value is -2.92.